The molecule has 0 bridgehead atoms. The van der Waals surface area contributed by atoms with Crippen molar-refractivity contribution in [1.29, 1.82) is 0 Å². The molecule has 0 saturated heterocycles. The second-order valence-electron chi connectivity index (χ2n) is 5.25. The van der Waals surface area contributed by atoms with Crippen LogP contribution in [0.15, 0.2) is 30.3 Å². The molecule has 2 N–H and O–H groups in total. The van der Waals surface area contributed by atoms with Crippen LogP contribution in [0.5, 0.6) is 0 Å². The Hall–Kier alpha value is -1.84. The van der Waals surface area contributed by atoms with Crippen LogP contribution in [0, 0.1) is 5.92 Å². The van der Waals surface area contributed by atoms with Crippen LogP contribution < -0.4 is 10.6 Å². The van der Waals surface area contributed by atoms with Gasteiger partial charge in [-0.2, -0.15) is 0 Å². The molecule has 0 atom stereocenters. The third-order valence-electron chi connectivity index (χ3n) is 3.41. The third-order valence-corrected chi connectivity index (χ3v) is 3.41. The van der Waals surface area contributed by atoms with E-state index in [1.807, 2.05) is 18.2 Å². The zero-order chi connectivity index (χ0) is 14.2. The van der Waals surface area contributed by atoms with Crippen LogP contribution in [0.25, 0.3) is 0 Å². The first kappa shape index (κ1) is 14.6. The number of nitrogens with one attached hydrogen (secondary N) is 2. The number of hydrogen-bond donors (Lipinski definition) is 2. The summed E-state index contributed by atoms with van der Waals surface area (Å²) in [6.07, 6.45) is 4.07. The van der Waals surface area contributed by atoms with Crippen LogP contribution in [0.4, 0.5) is 0 Å². The minimum atomic E-state index is 0.0570. The van der Waals surface area contributed by atoms with E-state index in [0.717, 1.165) is 19.3 Å². The largest absolute Gasteiger partial charge is 0.356 e. The Morgan fingerprint density at radius 2 is 1.80 bits per heavy atom. The van der Waals surface area contributed by atoms with Crippen molar-refractivity contribution in [3.05, 3.63) is 35.9 Å². The predicted molar refractivity (Wildman–Crippen MR) is 78.1 cm³/mol. The quantitative estimate of drug-likeness (QED) is 0.708. The normalized spacial score (nSPS) is 13.8. The number of rotatable bonds is 8. The molecule has 0 unspecified atom stereocenters. The van der Waals surface area contributed by atoms with Crippen molar-refractivity contribution in [2.75, 3.05) is 13.1 Å². The lowest BCUT2D eigenvalue weighted by molar-refractivity contribution is -0.123. The molecule has 2 rings (SSSR count). The van der Waals surface area contributed by atoms with E-state index in [9.17, 15) is 9.59 Å². The molecule has 4 nitrogen and oxygen atoms in total. The number of carbonyl (C=O) groups is 2. The second kappa shape index (κ2) is 7.68. The van der Waals surface area contributed by atoms with Crippen molar-refractivity contribution < 1.29 is 9.59 Å². The molecule has 1 saturated carbocycles. The Morgan fingerprint density at radius 1 is 1.05 bits per heavy atom. The fraction of sp³-hybridized carbons (Fsp3) is 0.500. The molecule has 20 heavy (non-hydrogen) atoms. The molecular weight excluding hydrogens is 252 g/mol. The predicted octanol–water partition coefficient (Wildman–Crippen LogP) is 1.65. The summed E-state index contributed by atoms with van der Waals surface area (Å²) in [6, 6.07) is 10.1. The van der Waals surface area contributed by atoms with Crippen molar-refractivity contribution in [3.8, 4) is 0 Å². The zero-order valence-corrected chi connectivity index (χ0v) is 11.7. The molecule has 4 heteroatoms. The van der Waals surface area contributed by atoms with E-state index in [4.69, 9.17) is 0 Å². The van der Waals surface area contributed by atoms with E-state index >= 15 is 0 Å². The van der Waals surface area contributed by atoms with Gasteiger partial charge < -0.3 is 10.6 Å². The zero-order valence-electron chi connectivity index (χ0n) is 11.7. The monoisotopic (exact) mass is 274 g/mol. The molecule has 0 spiro atoms. The molecule has 1 aliphatic carbocycles. The average molecular weight is 274 g/mol. The van der Waals surface area contributed by atoms with Crippen molar-refractivity contribution in [2.45, 2.75) is 32.1 Å². The highest BCUT2D eigenvalue weighted by Gasteiger charge is 2.28. The number of benzene rings is 1. The first-order valence-corrected chi connectivity index (χ1v) is 7.34. The Labute approximate surface area is 119 Å². The Balaban J connectivity index is 1.48. The van der Waals surface area contributed by atoms with E-state index in [1.165, 1.54) is 5.56 Å². The van der Waals surface area contributed by atoms with Gasteiger partial charge in [0, 0.05) is 25.4 Å². The fourth-order valence-corrected chi connectivity index (χ4v) is 2.03. The summed E-state index contributed by atoms with van der Waals surface area (Å²) >= 11 is 0. The lowest BCUT2D eigenvalue weighted by atomic mass is 10.1. The molecule has 0 aromatic heterocycles. The van der Waals surface area contributed by atoms with Crippen LogP contribution in [-0.4, -0.2) is 24.9 Å². The number of amides is 2. The molecule has 1 aliphatic rings. The first-order valence-electron chi connectivity index (χ1n) is 7.34. The first-order chi connectivity index (χ1) is 9.75. The Morgan fingerprint density at radius 3 is 2.50 bits per heavy atom. The van der Waals surface area contributed by atoms with Gasteiger partial charge in [0.15, 0.2) is 0 Å². The van der Waals surface area contributed by atoms with Gasteiger partial charge in [-0.3, -0.25) is 9.59 Å². The van der Waals surface area contributed by atoms with Gasteiger partial charge in [0.05, 0.1) is 0 Å². The van der Waals surface area contributed by atoms with Crippen LogP contribution in [0.1, 0.15) is 31.2 Å². The molecule has 0 radical (unpaired) electrons. The minimum Gasteiger partial charge on any atom is -0.356 e. The summed E-state index contributed by atoms with van der Waals surface area (Å²) in [7, 11) is 0. The standard InChI is InChI=1S/C16H22N2O2/c19-15(7-4-11-18-16(20)14-8-9-14)17-12-10-13-5-2-1-3-6-13/h1-3,5-6,14H,4,7-12H2,(H,17,19)(H,18,20). The van der Waals surface area contributed by atoms with E-state index in [2.05, 4.69) is 22.8 Å². The smallest absolute Gasteiger partial charge is 0.223 e. The summed E-state index contributed by atoms with van der Waals surface area (Å²) in [5.41, 5.74) is 1.23. The van der Waals surface area contributed by atoms with Crippen molar-refractivity contribution in [2.24, 2.45) is 5.92 Å². The summed E-state index contributed by atoms with van der Waals surface area (Å²) in [5.74, 6) is 0.450. The van der Waals surface area contributed by atoms with Gasteiger partial charge >= 0.3 is 0 Å². The lowest BCUT2D eigenvalue weighted by Crippen LogP contribution is -2.29. The second-order valence-corrected chi connectivity index (χ2v) is 5.25. The molecular formula is C16H22N2O2. The van der Waals surface area contributed by atoms with Crippen molar-refractivity contribution in [3.63, 3.8) is 0 Å². The van der Waals surface area contributed by atoms with Gasteiger partial charge in [0.2, 0.25) is 11.8 Å². The molecule has 1 aromatic carbocycles. The maximum Gasteiger partial charge on any atom is 0.223 e. The van der Waals surface area contributed by atoms with Crippen LogP contribution in [0.3, 0.4) is 0 Å². The van der Waals surface area contributed by atoms with Gasteiger partial charge in [-0.1, -0.05) is 30.3 Å². The van der Waals surface area contributed by atoms with Crippen LogP contribution in [0.2, 0.25) is 0 Å². The maximum absolute atomic E-state index is 11.6. The van der Waals surface area contributed by atoms with E-state index in [0.29, 0.717) is 25.9 Å². The summed E-state index contributed by atoms with van der Waals surface area (Å²) in [6.45, 7) is 1.26. The van der Waals surface area contributed by atoms with Gasteiger partial charge in [0.1, 0.15) is 0 Å². The van der Waals surface area contributed by atoms with Gasteiger partial charge in [0.25, 0.3) is 0 Å². The highest BCUT2D eigenvalue weighted by atomic mass is 16.2. The van der Waals surface area contributed by atoms with Crippen LogP contribution in [-0.2, 0) is 16.0 Å². The number of hydrogen-bond acceptors (Lipinski definition) is 2. The van der Waals surface area contributed by atoms with E-state index < -0.39 is 0 Å². The molecule has 0 aliphatic heterocycles. The summed E-state index contributed by atoms with van der Waals surface area (Å²) in [5, 5.41) is 5.77. The van der Waals surface area contributed by atoms with Gasteiger partial charge in [-0.15, -0.1) is 0 Å². The van der Waals surface area contributed by atoms with E-state index in [1.54, 1.807) is 0 Å². The topological polar surface area (TPSA) is 58.2 Å². The number of carbonyl (C=O) groups excluding carboxylic acids is 2. The van der Waals surface area contributed by atoms with Crippen molar-refractivity contribution >= 4 is 11.8 Å². The van der Waals surface area contributed by atoms with Gasteiger partial charge in [-0.25, -0.2) is 0 Å². The highest BCUT2D eigenvalue weighted by Crippen LogP contribution is 2.28. The fourth-order valence-electron chi connectivity index (χ4n) is 2.03. The molecule has 1 fully saturated rings. The summed E-state index contributed by atoms with van der Waals surface area (Å²) < 4.78 is 0. The average Bonchev–Trinajstić information content (AvgIpc) is 3.29. The SMILES string of the molecule is O=C(CCCNC(=O)C1CC1)NCCc1ccccc1. The highest BCUT2D eigenvalue weighted by molar-refractivity contribution is 5.81. The molecule has 0 heterocycles. The Bertz CT molecular complexity index is 441. The third kappa shape index (κ3) is 5.43. The maximum atomic E-state index is 11.6. The van der Waals surface area contributed by atoms with Crippen LogP contribution >= 0.6 is 0 Å². The Kier molecular flexibility index (Phi) is 5.59. The molecule has 1 aromatic rings. The minimum absolute atomic E-state index is 0.0570. The molecule has 2 amide bonds. The molecule has 108 valence electrons. The lowest BCUT2D eigenvalue weighted by Gasteiger charge is -2.06. The summed E-state index contributed by atoms with van der Waals surface area (Å²) in [4.78, 5) is 23.0. The van der Waals surface area contributed by atoms with Gasteiger partial charge in [-0.05, 0) is 31.2 Å². The van der Waals surface area contributed by atoms with E-state index in [-0.39, 0.29) is 17.7 Å². The van der Waals surface area contributed by atoms with Crippen molar-refractivity contribution in [1.82, 2.24) is 10.6 Å².